The first kappa shape index (κ1) is 67.2. The molecule has 19 heteroatoms. The second-order valence-electron chi connectivity index (χ2n) is 19.6. The van der Waals surface area contributed by atoms with Crippen molar-refractivity contribution in [1.29, 1.82) is 0 Å². The van der Waals surface area contributed by atoms with Crippen LogP contribution in [0.4, 0.5) is 0 Å². The Balaban J connectivity index is 1.50. The lowest BCUT2D eigenvalue weighted by molar-refractivity contribution is -0.379. The lowest BCUT2D eigenvalue weighted by Gasteiger charge is -2.48. The number of ether oxygens (including phenoxy) is 6. The van der Waals surface area contributed by atoms with E-state index in [-0.39, 0.29) is 18.9 Å². The Hall–Kier alpha value is -3.03. The minimum Gasteiger partial charge on any atom is -0.394 e. The van der Waals surface area contributed by atoms with Gasteiger partial charge in [-0.1, -0.05) is 137 Å². The van der Waals surface area contributed by atoms with Gasteiger partial charge in [0.25, 0.3) is 0 Å². The van der Waals surface area contributed by atoms with Gasteiger partial charge in [0.2, 0.25) is 5.91 Å². The number of unbranched alkanes of at least 4 members (excludes halogenated alkanes) is 10. The number of hydrogen-bond donors (Lipinski definition) is 12. The number of nitrogens with one attached hydrogen (secondary N) is 1. The van der Waals surface area contributed by atoms with Gasteiger partial charge in [-0.25, -0.2) is 0 Å². The molecule has 12 N–H and O–H groups in total. The maximum atomic E-state index is 13.3. The fourth-order valence-corrected chi connectivity index (χ4v) is 8.86. The molecule has 0 aromatic heterocycles. The molecule has 76 heavy (non-hydrogen) atoms. The van der Waals surface area contributed by atoms with Gasteiger partial charge >= 0.3 is 0 Å². The molecule has 1 amide bonds. The number of amides is 1. The van der Waals surface area contributed by atoms with Crippen LogP contribution in [0.3, 0.4) is 0 Å². The molecule has 3 saturated heterocycles. The number of aliphatic hydroxyl groups excluding tert-OH is 11. The molecular formula is C57H95NO18. The van der Waals surface area contributed by atoms with Crippen molar-refractivity contribution in [3.05, 3.63) is 85.1 Å². The molecule has 0 spiro atoms. The third-order valence-electron chi connectivity index (χ3n) is 13.4. The van der Waals surface area contributed by atoms with E-state index >= 15 is 0 Å². The Morgan fingerprint density at radius 1 is 0.474 bits per heavy atom. The zero-order chi connectivity index (χ0) is 55.5. The lowest BCUT2D eigenvalue weighted by atomic mass is 9.96. The summed E-state index contributed by atoms with van der Waals surface area (Å²) in [4.78, 5) is 13.3. The Morgan fingerprint density at radius 2 is 0.882 bits per heavy atom. The van der Waals surface area contributed by atoms with Gasteiger partial charge in [0, 0.05) is 6.42 Å². The molecule has 19 nitrogen and oxygen atoms in total. The number of carbonyl (C=O) groups is 1. The number of carbonyl (C=O) groups excluding carboxylic acids is 1. The molecule has 0 aromatic rings. The van der Waals surface area contributed by atoms with Crippen LogP contribution < -0.4 is 5.32 Å². The summed E-state index contributed by atoms with van der Waals surface area (Å²) in [6.07, 6.45) is 20.2. The first-order valence-electron chi connectivity index (χ1n) is 27.8. The molecule has 3 aliphatic rings. The topological polar surface area (TPSA) is 307 Å². The lowest BCUT2D eigenvalue weighted by Crippen LogP contribution is -2.66. The molecular weight excluding hydrogens is 987 g/mol. The van der Waals surface area contributed by atoms with E-state index in [4.69, 9.17) is 28.4 Å². The van der Waals surface area contributed by atoms with Crippen molar-refractivity contribution in [2.75, 3.05) is 26.4 Å². The van der Waals surface area contributed by atoms with E-state index in [0.717, 1.165) is 89.9 Å². The van der Waals surface area contributed by atoms with Crippen molar-refractivity contribution in [1.82, 2.24) is 5.32 Å². The summed E-state index contributed by atoms with van der Waals surface area (Å²) in [5, 5.41) is 120. The van der Waals surface area contributed by atoms with E-state index in [9.17, 15) is 61.0 Å². The van der Waals surface area contributed by atoms with Gasteiger partial charge in [-0.2, -0.15) is 0 Å². The van der Waals surface area contributed by atoms with Gasteiger partial charge < -0.3 is 89.9 Å². The summed E-state index contributed by atoms with van der Waals surface area (Å²) in [7, 11) is 0. The van der Waals surface area contributed by atoms with Crippen molar-refractivity contribution >= 4 is 5.91 Å². The molecule has 0 bridgehead atoms. The summed E-state index contributed by atoms with van der Waals surface area (Å²) in [6.45, 7) is 1.40. The Labute approximate surface area is 450 Å². The predicted octanol–water partition coefficient (Wildman–Crippen LogP) is 3.64. The number of hydrogen-bond acceptors (Lipinski definition) is 18. The smallest absolute Gasteiger partial charge is 0.220 e. The minimum atomic E-state index is -1.99. The van der Waals surface area contributed by atoms with Gasteiger partial charge in [0.15, 0.2) is 18.9 Å². The summed E-state index contributed by atoms with van der Waals surface area (Å²) < 4.78 is 34.1. The van der Waals surface area contributed by atoms with Crippen LogP contribution in [0.25, 0.3) is 0 Å². The van der Waals surface area contributed by atoms with Crippen LogP contribution in [0.1, 0.15) is 136 Å². The molecule has 0 radical (unpaired) electrons. The summed E-state index contributed by atoms with van der Waals surface area (Å²) in [5.41, 5.74) is 0. The SMILES string of the molecule is CC/C=C\C/C=C\C/C=C\C/C=C\CCCCCCCCCCC(=O)NC(COC1OC(CO)C(OC2OC(CO)C(OC3OC(CO)C(O)C(O)C3O)C(O)C2O)C(O)C1O)C(O)/C=C/CC/C=C/CC/C=C/CC. The van der Waals surface area contributed by atoms with Gasteiger partial charge in [-0.3, -0.25) is 4.79 Å². The number of allylic oxidation sites excluding steroid dienone is 13. The summed E-state index contributed by atoms with van der Waals surface area (Å²) in [6, 6.07) is -1.00. The molecule has 3 aliphatic heterocycles. The normalized spacial score (nSPS) is 31.6. The average molecular weight is 1080 g/mol. The Kier molecular flexibility index (Phi) is 35.6. The molecule has 3 rings (SSSR count). The van der Waals surface area contributed by atoms with Crippen LogP contribution in [-0.2, 0) is 33.2 Å². The molecule has 436 valence electrons. The predicted molar refractivity (Wildman–Crippen MR) is 286 cm³/mol. The van der Waals surface area contributed by atoms with Crippen LogP contribution in [0, 0.1) is 0 Å². The van der Waals surface area contributed by atoms with Crippen LogP contribution in [0.5, 0.6) is 0 Å². The van der Waals surface area contributed by atoms with E-state index in [2.05, 4.69) is 92.1 Å². The van der Waals surface area contributed by atoms with Crippen molar-refractivity contribution in [3.63, 3.8) is 0 Å². The first-order chi connectivity index (χ1) is 36.8. The van der Waals surface area contributed by atoms with Crippen molar-refractivity contribution < 1.29 is 89.4 Å². The van der Waals surface area contributed by atoms with Gasteiger partial charge in [0.05, 0.1) is 38.6 Å². The second kappa shape index (κ2) is 40.2. The maximum Gasteiger partial charge on any atom is 0.220 e. The highest BCUT2D eigenvalue weighted by molar-refractivity contribution is 5.76. The van der Waals surface area contributed by atoms with Crippen molar-refractivity contribution in [2.24, 2.45) is 0 Å². The molecule has 0 saturated carbocycles. The zero-order valence-electron chi connectivity index (χ0n) is 44.9. The van der Waals surface area contributed by atoms with Gasteiger partial charge in [-0.05, 0) is 77.0 Å². The van der Waals surface area contributed by atoms with E-state index < -0.39 is 124 Å². The van der Waals surface area contributed by atoms with Crippen molar-refractivity contribution in [3.8, 4) is 0 Å². The molecule has 0 aliphatic carbocycles. The fourth-order valence-electron chi connectivity index (χ4n) is 8.86. The molecule has 0 aromatic carbocycles. The fraction of sp³-hybridized carbons (Fsp3) is 0.737. The minimum absolute atomic E-state index is 0.217. The average Bonchev–Trinajstić information content (AvgIpc) is 3.42. The quantitative estimate of drug-likeness (QED) is 0.0310. The van der Waals surface area contributed by atoms with E-state index in [1.165, 1.54) is 12.8 Å². The number of rotatable bonds is 38. The first-order valence-corrected chi connectivity index (χ1v) is 27.8. The highest BCUT2D eigenvalue weighted by atomic mass is 16.8. The van der Waals surface area contributed by atoms with Crippen LogP contribution >= 0.6 is 0 Å². The second-order valence-corrected chi connectivity index (χ2v) is 19.6. The van der Waals surface area contributed by atoms with E-state index in [1.54, 1.807) is 12.2 Å². The van der Waals surface area contributed by atoms with Gasteiger partial charge in [0.1, 0.15) is 73.2 Å². The maximum absolute atomic E-state index is 13.3. The molecule has 3 fully saturated rings. The van der Waals surface area contributed by atoms with Gasteiger partial charge in [-0.15, -0.1) is 0 Å². The third-order valence-corrected chi connectivity index (χ3v) is 13.4. The third kappa shape index (κ3) is 24.5. The molecule has 17 atom stereocenters. The Bertz CT molecular complexity index is 1720. The van der Waals surface area contributed by atoms with Crippen LogP contribution in [-0.4, -0.2) is 193 Å². The number of aliphatic hydroxyl groups is 11. The van der Waals surface area contributed by atoms with E-state index in [1.807, 2.05) is 0 Å². The zero-order valence-corrected chi connectivity index (χ0v) is 44.9. The highest BCUT2D eigenvalue weighted by Gasteiger charge is 2.53. The highest BCUT2D eigenvalue weighted by Crippen LogP contribution is 2.33. The molecule has 3 heterocycles. The monoisotopic (exact) mass is 1080 g/mol. The largest absolute Gasteiger partial charge is 0.394 e. The van der Waals surface area contributed by atoms with E-state index in [0.29, 0.717) is 12.8 Å². The van der Waals surface area contributed by atoms with Crippen LogP contribution in [0.2, 0.25) is 0 Å². The van der Waals surface area contributed by atoms with Crippen LogP contribution in [0.15, 0.2) is 85.1 Å². The standard InChI is InChI=1S/C57H95NO18/c1-3-5-7-9-11-13-15-16-17-18-19-20-21-22-23-24-25-27-29-31-33-35-45(63)58-40(41(62)34-32-30-28-26-14-12-10-8-6-4-2)39-71-55-51(69)48(66)53(43(37-60)73-55)76-57-52(70)49(67)54(44(38-61)74-57)75-56-50(68)47(65)46(64)42(36-59)72-56/h5-8,11,13-14,16-17,19-20,26,32,34,40-44,46-57,59-62,64-70H,3-4,9-10,12,15,18,21-25,27-31,33,35-39H2,1-2H3,(H,58,63)/b7-5-,8-6+,13-11-,17-16-,20-19-,26-14+,34-32+. The Morgan fingerprint density at radius 3 is 1.42 bits per heavy atom. The molecule has 17 unspecified atom stereocenters. The summed E-state index contributed by atoms with van der Waals surface area (Å²) >= 11 is 0. The van der Waals surface area contributed by atoms with Crippen molar-refractivity contribution in [2.45, 2.75) is 240 Å². The summed E-state index contributed by atoms with van der Waals surface area (Å²) in [5.74, 6) is -0.306.